The smallest absolute Gasteiger partial charge is 0.211 e. The highest BCUT2D eigenvalue weighted by Crippen LogP contribution is 2.31. The Morgan fingerprint density at radius 3 is 2.50 bits per heavy atom. The molecular weight excluding hydrogens is 404 g/mol. The highest BCUT2D eigenvalue weighted by molar-refractivity contribution is 7.88. The van der Waals surface area contributed by atoms with Gasteiger partial charge in [-0.2, -0.15) is 4.31 Å². The molecule has 0 unspecified atom stereocenters. The Hall–Kier alpha value is -2.69. The van der Waals surface area contributed by atoms with Crippen LogP contribution in [0.1, 0.15) is 25.1 Å². The van der Waals surface area contributed by atoms with Crippen molar-refractivity contribution < 1.29 is 13.2 Å². The van der Waals surface area contributed by atoms with Crippen LogP contribution in [0, 0.1) is 0 Å². The summed E-state index contributed by atoms with van der Waals surface area (Å²) in [6, 6.07) is 7.42. The third-order valence-electron chi connectivity index (χ3n) is 4.84. The maximum atomic E-state index is 11.7. The molecule has 0 saturated carbocycles. The van der Waals surface area contributed by atoms with Crippen LogP contribution in [0.2, 0.25) is 0 Å². The Bertz CT molecular complexity index is 1020. The lowest BCUT2D eigenvalue weighted by molar-refractivity contribution is 0.242. The van der Waals surface area contributed by atoms with Gasteiger partial charge in [-0.3, -0.25) is 5.84 Å². The number of aromatic nitrogens is 2. The molecule has 9 nitrogen and oxygen atoms in total. The Morgan fingerprint density at radius 2 is 1.90 bits per heavy atom. The molecule has 0 bridgehead atoms. The Kier molecular flexibility index (Phi) is 6.59. The van der Waals surface area contributed by atoms with Gasteiger partial charge in [0.05, 0.1) is 23.7 Å². The first-order chi connectivity index (χ1) is 14.2. The van der Waals surface area contributed by atoms with Gasteiger partial charge >= 0.3 is 0 Å². The van der Waals surface area contributed by atoms with Crippen LogP contribution in [0.5, 0.6) is 5.75 Å². The molecule has 162 valence electrons. The lowest BCUT2D eigenvalue weighted by atomic mass is 10.0. The van der Waals surface area contributed by atoms with Gasteiger partial charge in [0.25, 0.3) is 0 Å². The first kappa shape index (κ1) is 22.0. The summed E-state index contributed by atoms with van der Waals surface area (Å²) in [4.78, 5) is 10.8. The summed E-state index contributed by atoms with van der Waals surface area (Å²) in [7, 11) is -3.18. The first-order valence-corrected chi connectivity index (χ1v) is 11.5. The van der Waals surface area contributed by atoms with Crippen molar-refractivity contribution >= 4 is 27.1 Å². The molecule has 3 N–H and O–H groups in total. The van der Waals surface area contributed by atoms with E-state index in [9.17, 15) is 8.42 Å². The molecule has 1 fully saturated rings. The summed E-state index contributed by atoms with van der Waals surface area (Å²) in [5.41, 5.74) is 5.51. The normalized spacial score (nSPS) is 15.3. The molecule has 0 atom stereocenters. The number of benzene rings is 1. The van der Waals surface area contributed by atoms with Gasteiger partial charge in [-0.15, -0.1) is 0 Å². The second-order valence-corrected chi connectivity index (χ2v) is 9.39. The van der Waals surface area contributed by atoms with Crippen molar-refractivity contribution in [2.45, 2.75) is 20.0 Å². The molecule has 1 aromatic carbocycles. The molecule has 0 aliphatic carbocycles. The van der Waals surface area contributed by atoms with E-state index in [2.05, 4.69) is 22.0 Å². The van der Waals surface area contributed by atoms with Crippen molar-refractivity contribution in [3.63, 3.8) is 0 Å². The molecule has 0 amide bonds. The average Bonchev–Trinajstić information content (AvgIpc) is 2.72. The van der Waals surface area contributed by atoms with E-state index in [-0.39, 0.29) is 6.10 Å². The van der Waals surface area contributed by atoms with E-state index < -0.39 is 10.0 Å². The fourth-order valence-corrected chi connectivity index (χ4v) is 4.14. The minimum atomic E-state index is -3.18. The van der Waals surface area contributed by atoms with Gasteiger partial charge in [-0.1, -0.05) is 6.58 Å². The fraction of sp³-hybridized carbons (Fsp3) is 0.400. The molecule has 2 heterocycles. The molecule has 1 aliphatic heterocycles. The number of anilines is 2. The summed E-state index contributed by atoms with van der Waals surface area (Å²) in [6.07, 6.45) is 2.76. The molecule has 10 heteroatoms. The number of rotatable bonds is 7. The van der Waals surface area contributed by atoms with Gasteiger partial charge in [-0.05, 0) is 32.0 Å². The van der Waals surface area contributed by atoms with E-state index in [0.717, 1.165) is 11.4 Å². The maximum Gasteiger partial charge on any atom is 0.211 e. The minimum absolute atomic E-state index is 0.0408. The van der Waals surface area contributed by atoms with Crippen molar-refractivity contribution in [3.8, 4) is 5.75 Å². The number of hydrogen-bond acceptors (Lipinski definition) is 8. The number of piperazine rings is 1. The number of nitrogens with zero attached hydrogens (tertiary/aromatic N) is 4. The average molecular weight is 433 g/mol. The Balaban J connectivity index is 1.83. The van der Waals surface area contributed by atoms with Gasteiger partial charge in [0.15, 0.2) is 0 Å². The zero-order valence-electron chi connectivity index (χ0n) is 17.5. The van der Waals surface area contributed by atoms with Crippen LogP contribution < -0.4 is 20.9 Å². The largest absolute Gasteiger partial charge is 0.491 e. The fourth-order valence-electron chi connectivity index (χ4n) is 3.32. The third-order valence-corrected chi connectivity index (χ3v) is 6.14. The van der Waals surface area contributed by atoms with Crippen molar-refractivity contribution in [1.29, 1.82) is 0 Å². The van der Waals surface area contributed by atoms with Gasteiger partial charge < -0.3 is 15.1 Å². The van der Waals surface area contributed by atoms with Crippen LogP contribution in [0.25, 0.3) is 5.57 Å². The van der Waals surface area contributed by atoms with E-state index in [4.69, 9.17) is 10.6 Å². The number of ether oxygens (including phenoxy) is 1. The quantitative estimate of drug-likeness (QED) is 0.502. The predicted octanol–water partition coefficient (Wildman–Crippen LogP) is 1.69. The lowest BCUT2D eigenvalue weighted by Gasteiger charge is -2.34. The SMILES string of the molecule is C=C(c1cc(N2CCN(S(C)(=O)=O)CC2)ncn1)c1cc(OC(C)C)ccc1NN. The van der Waals surface area contributed by atoms with Crippen LogP contribution >= 0.6 is 0 Å². The third kappa shape index (κ3) is 5.07. The maximum absolute atomic E-state index is 11.7. The molecule has 3 rings (SSSR count). The molecule has 1 aromatic heterocycles. The number of hydrogen-bond donors (Lipinski definition) is 2. The van der Waals surface area contributed by atoms with Crippen molar-refractivity contribution in [3.05, 3.63) is 48.4 Å². The molecule has 30 heavy (non-hydrogen) atoms. The number of nitrogen functional groups attached to an aromatic ring is 1. The molecule has 1 aliphatic rings. The van der Waals surface area contributed by atoms with Gasteiger partial charge in [0, 0.05) is 43.4 Å². The van der Waals surface area contributed by atoms with Crippen LogP contribution in [0.3, 0.4) is 0 Å². The second-order valence-electron chi connectivity index (χ2n) is 7.41. The molecular formula is C20H28N6O3S. The van der Waals surface area contributed by atoms with Crippen LogP contribution in [-0.2, 0) is 10.0 Å². The predicted molar refractivity (Wildman–Crippen MR) is 119 cm³/mol. The highest BCUT2D eigenvalue weighted by atomic mass is 32.2. The lowest BCUT2D eigenvalue weighted by Crippen LogP contribution is -2.48. The number of hydrazine groups is 1. The number of sulfonamides is 1. The van der Waals surface area contributed by atoms with E-state index in [1.165, 1.54) is 16.9 Å². The second kappa shape index (κ2) is 8.99. The van der Waals surface area contributed by atoms with E-state index in [1.54, 1.807) is 0 Å². The van der Waals surface area contributed by atoms with Crippen molar-refractivity contribution in [2.24, 2.45) is 5.84 Å². The van der Waals surface area contributed by atoms with Crippen LogP contribution in [0.4, 0.5) is 11.5 Å². The van der Waals surface area contributed by atoms with Crippen LogP contribution in [-0.4, -0.2) is 61.2 Å². The molecule has 0 radical (unpaired) electrons. The van der Waals surface area contributed by atoms with E-state index in [0.29, 0.717) is 48.9 Å². The monoisotopic (exact) mass is 432 g/mol. The first-order valence-electron chi connectivity index (χ1n) is 9.68. The summed E-state index contributed by atoms with van der Waals surface area (Å²) in [6.45, 7) is 10.1. The summed E-state index contributed by atoms with van der Waals surface area (Å²) in [5, 5.41) is 0. The van der Waals surface area contributed by atoms with E-state index >= 15 is 0 Å². The number of nitrogens with one attached hydrogen (secondary N) is 1. The minimum Gasteiger partial charge on any atom is -0.491 e. The van der Waals surface area contributed by atoms with Gasteiger partial charge in [-0.25, -0.2) is 18.4 Å². The topological polar surface area (TPSA) is 114 Å². The Morgan fingerprint density at radius 1 is 1.20 bits per heavy atom. The van der Waals surface area contributed by atoms with Crippen LogP contribution in [0.15, 0.2) is 37.2 Å². The molecule has 0 spiro atoms. The number of nitrogens with two attached hydrogens (primary N) is 1. The highest BCUT2D eigenvalue weighted by Gasteiger charge is 2.24. The Labute approximate surface area is 177 Å². The van der Waals surface area contributed by atoms with Gasteiger partial charge in [0.2, 0.25) is 10.0 Å². The zero-order chi connectivity index (χ0) is 21.9. The summed E-state index contributed by atoms with van der Waals surface area (Å²) < 4.78 is 30.7. The summed E-state index contributed by atoms with van der Waals surface area (Å²) >= 11 is 0. The molecule has 2 aromatic rings. The zero-order valence-corrected chi connectivity index (χ0v) is 18.3. The summed E-state index contributed by atoms with van der Waals surface area (Å²) in [5.74, 6) is 7.13. The van der Waals surface area contributed by atoms with Gasteiger partial charge in [0.1, 0.15) is 17.9 Å². The standard InChI is InChI=1S/C20H28N6O3S/c1-14(2)29-16-5-6-18(24-21)17(11-16)15(3)19-12-20(23-13-22-19)25-7-9-26(10-8-25)30(4,27)28/h5-6,11-14,24H,3,7-10,21H2,1-2,4H3. The van der Waals surface area contributed by atoms with Crippen molar-refractivity contribution in [2.75, 3.05) is 42.8 Å². The van der Waals surface area contributed by atoms with Crippen molar-refractivity contribution in [1.82, 2.24) is 14.3 Å². The van der Waals surface area contributed by atoms with E-state index in [1.807, 2.05) is 43.0 Å². The molecule has 1 saturated heterocycles.